The first-order chi connectivity index (χ1) is 18.7. The third kappa shape index (κ3) is 6.51. The van der Waals surface area contributed by atoms with Crippen LogP contribution in [0.2, 0.25) is 0 Å². The van der Waals surface area contributed by atoms with Crippen molar-refractivity contribution >= 4 is 10.0 Å². The Morgan fingerprint density at radius 1 is 0.897 bits per heavy atom. The zero-order valence-electron chi connectivity index (χ0n) is 23.7. The Morgan fingerprint density at radius 3 is 1.79 bits per heavy atom. The Bertz CT molecular complexity index is 1160. The molecular formula is C31H43NO6S. The molecule has 1 saturated carbocycles. The highest BCUT2D eigenvalue weighted by Gasteiger charge is 2.43. The van der Waals surface area contributed by atoms with Crippen molar-refractivity contribution in [1.29, 1.82) is 0 Å². The van der Waals surface area contributed by atoms with Gasteiger partial charge in [0.1, 0.15) is 11.5 Å². The first-order valence-electron chi connectivity index (χ1n) is 13.8. The third-order valence-electron chi connectivity index (χ3n) is 8.90. The Labute approximate surface area is 233 Å². The Morgan fingerprint density at radius 2 is 1.41 bits per heavy atom. The first kappa shape index (κ1) is 29.6. The van der Waals surface area contributed by atoms with Gasteiger partial charge in [-0.25, -0.2) is 8.42 Å². The van der Waals surface area contributed by atoms with Gasteiger partial charge < -0.3 is 19.3 Å². The number of benzene rings is 2. The summed E-state index contributed by atoms with van der Waals surface area (Å²) in [6.45, 7) is 4.63. The number of rotatable bonds is 14. The average molecular weight is 558 g/mol. The number of allylic oxidation sites excluding steroid dienone is 1. The SMILES string of the molecule is COc1ccc(CN(Cc2ccc(OC)cc2)S(=O)(=O)[C@H](C)[C@@H](C)[C@H]2C=C([C@H](OC)[C@@H]3CC[C@H]3CO)C2)cc1. The number of ether oxygens (including phenoxy) is 3. The second-order valence-corrected chi connectivity index (χ2v) is 13.3. The zero-order valence-corrected chi connectivity index (χ0v) is 24.6. The monoisotopic (exact) mass is 557 g/mol. The van der Waals surface area contributed by atoms with Crippen LogP contribution in [0.25, 0.3) is 0 Å². The van der Waals surface area contributed by atoms with Crippen molar-refractivity contribution in [3.63, 3.8) is 0 Å². The molecule has 39 heavy (non-hydrogen) atoms. The van der Waals surface area contributed by atoms with Gasteiger partial charge in [0.15, 0.2) is 0 Å². The van der Waals surface area contributed by atoms with E-state index in [1.54, 1.807) is 25.6 Å². The van der Waals surface area contributed by atoms with Crippen molar-refractivity contribution in [3.05, 3.63) is 71.3 Å². The first-order valence-corrected chi connectivity index (χ1v) is 15.3. The van der Waals surface area contributed by atoms with Crippen molar-refractivity contribution < 1.29 is 27.7 Å². The summed E-state index contributed by atoms with van der Waals surface area (Å²) in [5.74, 6) is 2.25. The van der Waals surface area contributed by atoms with E-state index in [9.17, 15) is 13.5 Å². The zero-order chi connectivity index (χ0) is 28.2. The van der Waals surface area contributed by atoms with E-state index in [1.165, 1.54) is 5.57 Å². The maximum absolute atomic E-state index is 14.1. The number of methoxy groups -OCH3 is 3. The molecule has 6 atom stereocenters. The van der Waals surface area contributed by atoms with Crippen molar-refractivity contribution in [2.24, 2.45) is 23.7 Å². The molecule has 0 unspecified atom stereocenters. The molecule has 8 heteroatoms. The molecule has 0 amide bonds. The lowest BCUT2D eigenvalue weighted by Gasteiger charge is -2.45. The third-order valence-corrected chi connectivity index (χ3v) is 11.2. The molecular weight excluding hydrogens is 514 g/mol. The summed E-state index contributed by atoms with van der Waals surface area (Å²) in [4.78, 5) is 0. The van der Waals surface area contributed by atoms with Gasteiger partial charge in [0.05, 0.1) is 25.6 Å². The van der Waals surface area contributed by atoms with E-state index >= 15 is 0 Å². The van der Waals surface area contributed by atoms with Gasteiger partial charge in [-0.1, -0.05) is 37.3 Å². The Kier molecular flexibility index (Phi) is 9.75. The average Bonchev–Trinajstić information content (AvgIpc) is 2.91. The Hall–Kier alpha value is -2.39. The van der Waals surface area contributed by atoms with E-state index in [4.69, 9.17) is 14.2 Å². The van der Waals surface area contributed by atoms with E-state index in [0.29, 0.717) is 11.8 Å². The quantitative estimate of drug-likeness (QED) is 0.328. The highest BCUT2D eigenvalue weighted by Crippen LogP contribution is 2.46. The lowest BCUT2D eigenvalue weighted by molar-refractivity contribution is -0.0227. The second-order valence-electron chi connectivity index (χ2n) is 11.0. The summed E-state index contributed by atoms with van der Waals surface area (Å²) in [7, 11) is 1.33. The van der Waals surface area contributed by atoms with Gasteiger partial charge in [0.25, 0.3) is 0 Å². The van der Waals surface area contributed by atoms with E-state index in [1.807, 2.05) is 62.4 Å². The molecule has 2 aliphatic carbocycles. The largest absolute Gasteiger partial charge is 0.497 e. The van der Waals surface area contributed by atoms with Crippen LogP contribution >= 0.6 is 0 Å². The molecule has 0 bridgehead atoms. The fraction of sp³-hybridized carbons (Fsp3) is 0.548. The van der Waals surface area contributed by atoms with Crippen molar-refractivity contribution in [1.82, 2.24) is 4.31 Å². The van der Waals surface area contributed by atoms with Gasteiger partial charge in [0.2, 0.25) is 10.0 Å². The van der Waals surface area contributed by atoms with Crippen LogP contribution in [0.3, 0.4) is 0 Å². The minimum Gasteiger partial charge on any atom is -0.497 e. The number of hydrogen-bond acceptors (Lipinski definition) is 6. The van der Waals surface area contributed by atoms with Crippen molar-refractivity contribution in [3.8, 4) is 11.5 Å². The van der Waals surface area contributed by atoms with Gasteiger partial charge in [0, 0.05) is 26.8 Å². The van der Waals surface area contributed by atoms with Crippen LogP contribution < -0.4 is 9.47 Å². The van der Waals surface area contributed by atoms with Crippen LogP contribution in [-0.4, -0.2) is 57.1 Å². The van der Waals surface area contributed by atoms with Gasteiger partial charge in [-0.15, -0.1) is 0 Å². The van der Waals surface area contributed by atoms with Gasteiger partial charge in [-0.3, -0.25) is 0 Å². The van der Waals surface area contributed by atoms with E-state index < -0.39 is 15.3 Å². The number of aliphatic hydroxyl groups is 1. The summed E-state index contributed by atoms with van der Waals surface area (Å²) < 4.78 is 46.2. The van der Waals surface area contributed by atoms with Gasteiger partial charge >= 0.3 is 0 Å². The summed E-state index contributed by atoms with van der Waals surface area (Å²) in [5.41, 5.74) is 3.05. The molecule has 2 aromatic carbocycles. The van der Waals surface area contributed by atoms with Crippen LogP contribution in [0, 0.1) is 23.7 Å². The van der Waals surface area contributed by atoms with E-state index in [-0.39, 0.29) is 37.6 Å². The number of nitrogens with zero attached hydrogens (tertiary/aromatic N) is 1. The van der Waals surface area contributed by atoms with Crippen LogP contribution in [0.1, 0.15) is 44.2 Å². The molecule has 0 radical (unpaired) electrons. The van der Waals surface area contributed by atoms with Crippen LogP contribution in [-0.2, 0) is 27.8 Å². The van der Waals surface area contributed by atoms with Crippen LogP contribution in [0.15, 0.2) is 60.2 Å². The van der Waals surface area contributed by atoms with E-state index in [0.717, 1.165) is 41.9 Å². The molecule has 0 spiro atoms. The summed E-state index contributed by atoms with van der Waals surface area (Å²) in [6, 6.07) is 15.1. The van der Waals surface area contributed by atoms with Gasteiger partial charge in [-0.05, 0) is 90.8 Å². The van der Waals surface area contributed by atoms with Crippen molar-refractivity contribution in [2.75, 3.05) is 27.9 Å². The number of aliphatic hydroxyl groups excluding tert-OH is 1. The number of hydrogen-bond donors (Lipinski definition) is 1. The number of sulfonamides is 1. The van der Waals surface area contributed by atoms with E-state index in [2.05, 4.69) is 6.08 Å². The summed E-state index contributed by atoms with van der Waals surface area (Å²) >= 11 is 0. The van der Waals surface area contributed by atoms with Crippen molar-refractivity contribution in [2.45, 2.75) is 57.6 Å². The molecule has 4 rings (SSSR count). The normalized spacial score (nSPS) is 23.3. The highest BCUT2D eigenvalue weighted by atomic mass is 32.2. The predicted octanol–water partition coefficient (Wildman–Crippen LogP) is 5.04. The van der Waals surface area contributed by atoms with Crippen LogP contribution in [0.5, 0.6) is 11.5 Å². The van der Waals surface area contributed by atoms with Gasteiger partial charge in [-0.2, -0.15) is 4.31 Å². The molecule has 0 saturated heterocycles. The molecule has 2 aromatic rings. The molecule has 0 aliphatic heterocycles. The summed E-state index contributed by atoms with van der Waals surface area (Å²) in [6.07, 6.45) is 5.19. The Balaban J connectivity index is 1.51. The lowest BCUT2D eigenvalue weighted by Crippen LogP contribution is -2.45. The molecule has 214 valence electrons. The maximum Gasteiger partial charge on any atom is 0.217 e. The molecule has 1 fully saturated rings. The topological polar surface area (TPSA) is 85.3 Å². The molecule has 1 N–H and O–H groups in total. The fourth-order valence-electron chi connectivity index (χ4n) is 5.84. The smallest absolute Gasteiger partial charge is 0.217 e. The molecule has 7 nitrogen and oxygen atoms in total. The molecule has 0 aromatic heterocycles. The highest BCUT2D eigenvalue weighted by molar-refractivity contribution is 7.89. The van der Waals surface area contributed by atoms with Crippen LogP contribution in [0.4, 0.5) is 0 Å². The minimum atomic E-state index is -3.64. The lowest BCUT2D eigenvalue weighted by atomic mass is 9.65. The standard InChI is InChI=1S/C31H43NO6S/c1-21(26-16-27(17-26)31(38-5)30-15-10-25(30)20-33)22(2)39(34,35)32(18-23-6-11-28(36-3)12-7-23)19-24-8-13-29(37-4)14-9-24/h6-9,11-14,16,21-22,25-26,30-31,33H,10,15,17-20H2,1-5H3/t21-,22-,25+,26+,30-,31+/m1/s1. The summed E-state index contributed by atoms with van der Waals surface area (Å²) in [5, 5.41) is 9.07. The fourth-order valence-corrected chi connectivity index (χ4v) is 7.72. The predicted molar refractivity (Wildman–Crippen MR) is 153 cm³/mol. The second kappa shape index (κ2) is 12.9. The molecule has 0 heterocycles. The molecule has 2 aliphatic rings. The minimum absolute atomic E-state index is 0.0212. The maximum atomic E-state index is 14.1.